The molecule has 0 aliphatic rings. The minimum absolute atomic E-state index is 1.05. The summed E-state index contributed by atoms with van der Waals surface area (Å²) in [5, 5.41) is 0. The summed E-state index contributed by atoms with van der Waals surface area (Å²) in [6.45, 7) is 6.23. The first-order valence-electron chi connectivity index (χ1n) is 3.29. The lowest BCUT2D eigenvalue weighted by molar-refractivity contribution is 0.530. The first kappa shape index (κ1) is 6.40. The van der Waals surface area contributed by atoms with Gasteiger partial charge in [-0.3, -0.25) is 0 Å². The summed E-state index contributed by atoms with van der Waals surface area (Å²) in [6, 6.07) is 0. The van der Waals surface area contributed by atoms with Gasteiger partial charge in [0.1, 0.15) is 5.76 Å². The zero-order chi connectivity index (χ0) is 6.85. The molecule has 0 amide bonds. The molecular weight excluding hydrogens is 112 g/mol. The number of rotatable bonds is 1. The summed E-state index contributed by atoms with van der Waals surface area (Å²) < 4.78 is 5.19. The lowest BCUT2D eigenvalue weighted by Gasteiger charge is -1.88. The van der Waals surface area contributed by atoms with E-state index in [0.29, 0.717) is 0 Å². The smallest absolute Gasteiger partial charge is 0.103 e. The molecule has 1 heteroatoms. The van der Waals surface area contributed by atoms with Crippen LogP contribution in [-0.4, -0.2) is 0 Å². The maximum absolute atomic E-state index is 5.19. The Morgan fingerprint density at radius 1 is 1.44 bits per heavy atom. The lowest BCUT2D eigenvalue weighted by atomic mass is 10.1. The normalized spacial score (nSPS) is 10.1. The second-order valence-corrected chi connectivity index (χ2v) is 2.30. The van der Waals surface area contributed by atoms with Crippen LogP contribution in [0.3, 0.4) is 0 Å². The Balaban J connectivity index is 3.04. The Morgan fingerprint density at radius 2 is 2.11 bits per heavy atom. The molecule has 0 radical (unpaired) electrons. The number of aryl methyl sites for hydroxylation is 2. The Bertz CT molecular complexity index is 198. The zero-order valence-corrected chi connectivity index (χ0v) is 6.19. The Kier molecular flexibility index (Phi) is 1.60. The van der Waals surface area contributed by atoms with Crippen molar-refractivity contribution < 1.29 is 4.42 Å². The minimum Gasteiger partial charge on any atom is -0.469 e. The maximum Gasteiger partial charge on any atom is 0.103 e. The van der Waals surface area contributed by atoms with Gasteiger partial charge in [0.2, 0.25) is 0 Å². The largest absolute Gasteiger partial charge is 0.469 e. The van der Waals surface area contributed by atoms with Crippen molar-refractivity contribution in [2.75, 3.05) is 0 Å². The Morgan fingerprint density at radius 3 is 2.33 bits per heavy atom. The van der Waals surface area contributed by atoms with Gasteiger partial charge in [-0.15, -0.1) is 0 Å². The van der Waals surface area contributed by atoms with Crippen LogP contribution in [0.4, 0.5) is 0 Å². The SMILES string of the molecule is CCc1coc(C)c1C. The van der Waals surface area contributed by atoms with Crippen molar-refractivity contribution in [3.8, 4) is 0 Å². The van der Waals surface area contributed by atoms with Crippen molar-refractivity contribution in [3.05, 3.63) is 23.2 Å². The van der Waals surface area contributed by atoms with E-state index in [1.807, 2.05) is 13.2 Å². The van der Waals surface area contributed by atoms with E-state index in [2.05, 4.69) is 13.8 Å². The van der Waals surface area contributed by atoms with E-state index in [1.165, 1.54) is 11.1 Å². The molecule has 0 aliphatic carbocycles. The average molecular weight is 124 g/mol. The van der Waals surface area contributed by atoms with Crippen molar-refractivity contribution >= 4 is 0 Å². The van der Waals surface area contributed by atoms with Crippen molar-refractivity contribution in [3.63, 3.8) is 0 Å². The summed E-state index contributed by atoms with van der Waals surface area (Å²) >= 11 is 0. The van der Waals surface area contributed by atoms with Gasteiger partial charge in [-0.05, 0) is 31.4 Å². The maximum atomic E-state index is 5.19. The molecule has 0 saturated heterocycles. The van der Waals surface area contributed by atoms with Crippen LogP contribution in [0.5, 0.6) is 0 Å². The summed E-state index contributed by atoms with van der Waals surface area (Å²) in [5.41, 5.74) is 2.63. The van der Waals surface area contributed by atoms with Gasteiger partial charge in [-0.2, -0.15) is 0 Å². The molecule has 0 bridgehead atoms. The van der Waals surface area contributed by atoms with Crippen LogP contribution >= 0.6 is 0 Å². The van der Waals surface area contributed by atoms with Crippen LogP contribution in [0.2, 0.25) is 0 Å². The van der Waals surface area contributed by atoms with E-state index in [9.17, 15) is 0 Å². The zero-order valence-electron chi connectivity index (χ0n) is 6.19. The van der Waals surface area contributed by atoms with Gasteiger partial charge in [0, 0.05) is 0 Å². The molecule has 1 aromatic heterocycles. The fraction of sp³-hybridized carbons (Fsp3) is 0.500. The van der Waals surface area contributed by atoms with Gasteiger partial charge in [-0.1, -0.05) is 6.92 Å². The fourth-order valence-corrected chi connectivity index (χ4v) is 0.911. The monoisotopic (exact) mass is 124 g/mol. The molecule has 9 heavy (non-hydrogen) atoms. The van der Waals surface area contributed by atoms with E-state index in [4.69, 9.17) is 4.42 Å². The van der Waals surface area contributed by atoms with Crippen molar-refractivity contribution in [1.82, 2.24) is 0 Å². The highest BCUT2D eigenvalue weighted by molar-refractivity contribution is 5.24. The topological polar surface area (TPSA) is 13.1 Å². The third-order valence-electron chi connectivity index (χ3n) is 1.77. The second kappa shape index (κ2) is 2.26. The van der Waals surface area contributed by atoms with Crippen molar-refractivity contribution in [2.24, 2.45) is 0 Å². The van der Waals surface area contributed by atoms with Gasteiger partial charge in [0.15, 0.2) is 0 Å². The first-order chi connectivity index (χ1) is 4.25. The summed E-state index contributed by atoms with van der Waals surface area (Å²) in [4.78, 5) is 0. The van der Waals surface area contributed by atoms with Gasteiger partial charge < -0.3 is 4.42 Å². The Hall–Kier alpha value is -0.720. The molecule has 0 atom stereocenters. The molecule has 0 N–H and O–H groups in total. The van der Waals surface area contributed by atoms with Gasteiger partial charge >= 0.3 is 0 Å². The molecule has 1 nitrogen and oxygen atoms in total. The van der Waals surface area contributed by atoms with E-state index in [0.717, 1.165) is 12.2 Å². The minimum atomic E-state index is 1.05. The van der Waals surface area contributed by atoms with E-state index in [1.54, 1.807) is 0 Å². The van der Waals surface area contributed by atoms with Crippen LogP contribution in [0.15, 0.2) is 10.7 Å². The fourth-order valence-electron chi connectivity index (χ4n) is 0.911. The number of furan rings is 1. The summed E-state index contributed by atoms with van der Waals surface area (Å²) in [5.74, 6) is 1.05. The quantitative estimate of drug-likeness (QED) is 0.560. The molecule has 0 saturated carbocycles. The van der Waals surface area contributed by atoms with Crippen molar-refractivity contribution in [2.45, 2.75) is 27.2 Å². The molecule has 1 rings (SSSR count). The van der Waals surface area contributed by atoms with Crippen LogP contribution in [0.1, 0.15) is 23.8 Å². The molecule has 0 aromatic carbocycles. The number of hydrogen-bond donors (Lipinski definition) is 0. The van der Waals surface area contributed by atoms with Crippen LogP contribution in [0.25, 0.3) is 0 Å². The van der Waals surface area contributed by atoms with E-state index in [-0.39, 0.29) is 0 Å². The molecular formula is C8H12O. The summed E-state index contributed by atoms with van der Waals surface area (Å²) in [7, 11) is 0. The first-order valence-corrected chi connectivity index (χ1v) is 3.29. The second-order valence-electron chi connectivity index (χ2n) is 2.30. The predicted molar refractivity (Wildman–Crippen MR) is 37.6 cm³/mol. The van der Waals surface area contributed by atoms with Crippen LogP contribution < -0.4 is 0 Å². The van der Waals surface area contributed by atoms with Crippen LogP contribution in [-0.2, 0) is 6.42 Å². The molecule has 0 unspecified atom stereocenters. The molecule has 50 valence electrons. The molecule has 1 aromatic rings. The molecule has 0 fully saturated rings. The highest BCUT2D eigenvalue weighted by atomic mass is 16.3. The van der Waals surface area contributed by atoms with Gasteiger partial charge in [0.05, 0.1) is 6.26 Å². The Labute approximate surface area is 55.7 Å². The van der Waals surface area contributed by atoms with Gasteiger partial charge in [0.25, 0.3) is 0 Å². The number of hydrogen-bond acceptors (Lipinski definition) is 1. The van der Waals surface area contributed by atoms with Crippen LogP contribution in [0, 0.1) is 13.8 Å². The standard InChI is InChI=1S/C8H12O/c1-4-8-5-9-7(3)6(8)2/h5H,4H2,1-3H3. The highest BCUT2D eigenvalue weighted by Crippen LogP contribution is 2.14. The highest BCUT2D eigenvalue weighted by Gasteiger charge is 2.01. The van der Waals surface area contributed by atoms with E-state index >= 15 is 0 Å². The summed E-state index contributed by atoms with van der Waals surface area (Å²) in [6.07, 6.45) is 2.91. The molecule has 0 spiro atoms. The third-order valence-corrected chi connectivity index (χ3v) is 1.77. The van der Waals surface area contributed by atoms with Gasteiger partial charge in [-0.25, -0.2) is 0 Å². The van der Waals surface area contributed by atoms with Crippen molar-refractivity contribution in [1.29, 1.82) is 0 Å². The van der Waals surface area contributed by atoms with E-state index < -0.39 is 0 Å². The third kappa shape index (κ3) is 0.995. The predicted octanol–water partition coefficient (Wildman–Crippen LogP) is 2.46. The molecule has 1 heterocycles. The average Bonchev–Trinajstić information content (AvgIpc) is 2.15. The lowest BCUT2D eigenvalue weighted by Crippen LogP contribution is -1.78. The molecule has 0 aliphatic heterocycles.